The lowest BCUT2D eigenvalue weighted by Gasteiger charge is -2.29. The van der Waals surface area contributed by atoms with E-state index in [4.69, 9.17) is 5.73 Å². The molecule has 0 unspecified atom stereocenters. The van der Waals surface area contributed by atoms with E-state index in [1.54, 1.807) is 0 Å². The van der Waals surface area contributed by atoms with Gasteiger partial charge in [-0.05, 0) is 51.4 Å². The zero-order valence-electron chi connectivity index (χ0n) is 14.2. The largest absolute Gasteiger partial charge is 0.353 e. The average molecular weight is 346 g/mol. The maximum absolute atomic E-state index is 12.1. The minimum absolute atomic E-state index is 0. The Labute approximate surface area is 145 Å². The van der Waals surface area contributed by atoms with Crippen LogP contribution < -0.4 is 16.4 Å². The molecule has 1 atom stereocenters. The molecule has 0 bridgehead atoms. The van der Waals surface area contributed by atoms with Gasteiger partial charge in [0.1, 0.15) is 0 Å². The number of hydrogen-bond donors (Lipinski definition) is 3. The van der Waals surface area contributed by atoms with Crippen molar-refractivity contribution in [3.63, 3.8) is 0 Å². The quantitative estimate of drug-likeness (QED) is 0.689. The van der Waals surface area contributed by atoms with Crippen molar-refractivity contribution < 1.29 is 9.59 Å². The van der Waals surface area contributed by atoms with Crippen LogP contribution in [0.25, 0.3) is 0 Å². The molecule has 23 heavy (non-hydrogen) atoms. The van der Waals surface area contributed by atoms with Crippen molar-refractivity contribution in [2.75, 3.05) is 6.54 Å². The van der Waals surface area contributed by atoms with Gasteiger partial charge < -0.3 is 16.4 Å². The van der Waals surface area contributed by atoms with E-state index in [-0.39, 0.29) is 42.2 Å². The summed E-state index contributed by atoms with van der Waals surface area (Å²) < 4.78 is 0. The molecule has 0 radical (unpaired) electrons. The van der Waals surface area contributed by atoms with Crippen LogP contribution in [0.2, 0.25) is 0 Å². The molecule has 2 saturated carbocycles. The van der Waals surface area contributed by atoms with Gasteiger partial charge in [0.15, 0.2) is 0 Å². The number of carbonyl (C=O) groups excluding carboxylic acids is 2. The maximum Gasteiger partial charge on any atom is 0.223 e. The minimum atomic E-state index is 0. The van der Waals surface area contributed by atoms with Crippen LogP contribution in [-0.4, -0.2) is 30.4 Å². The molecule has 0 saturated heterocycles. The smallest absolute Gasteiger partial charge is 0.223 e. The number of amides is 2. The summed E-state index contributed by atoms with van der Waals surface area (Å²) in [6, 6.07) is 0.293. The molecule has 2 rings (SSSR count). The molecule has 134 valence electrons. The lowest BCUT2D eigenvalue weighted by molar-refractivity contribution is -0.126. The van der Waals surface area contributed by atoms with Crippen LogP contribution in [0.5, 0.6) is 0 Å². The Morgan fingerprint density at radius 2 is 1.70 bits per heavy atom. The summed E-state index contributed by atoms with van der Waals surface area (Å²) in [5, 5.41) is 6.12. The summed E-state index contributed by atoms with van der Waals surface area (Å²) in [4.78, 5) is 24.1. The van der Waals surface area contributed by atoms with E-state index in [1.807, 2.05) is 6.92 Å². The highest BCUT2D eigenvalue weighted by molar-refractivity contribution is 5.85. The molecule has 4 N–H and O–H groups in total. The Morgan fingerprint density at radius 1 is 1.09 bits per heavy atom. The molecule has 2 aliphatic rings. The van der Waals surface area contributed by atoms with Crippen LogP contribution in [0.3, 0.4) is 0 Å². The van der Waals surface area contributed by atoms with Crippen molar-refractivity contribution in [2.24, 2.45) is 17.6 Å². The predicted molar refractivity (Wildman–Crippen MR) is 94.4 cm³/mol. The molecule has 0 aliphatic heterocycles. The highest BCUT2D eigenvalue weighted by Crippen LogP contribution is 2.28. The second-order valence-electron chi connectivity index (χ2n) is 7.12. The number of nitrogens with one attached hydrogen (secondary N) is 2. The molecular weight excluding hydrogens is 314 g/mol. The van der Waals surface area contributed by atoms with Gasteiger partial charge in [-0.25, -0.2) is 0 Å². The first-order valence-electron chi connectivity index (χ1n) is 8.88. The second kappa shape index (κ2) is 10.1. The maximum atomic E-state index is 12.1. The number of nitrogens with two attached hydrogens (primary N) is 1. The van der Waals surface area contributed by atoms with E-state index >= 15 is 0 Å². The lowest BCUT2D eigenvalue weighted by atomic mass is 9.85. The van der Waals surface area contributed by atoms with Crippen LogP contribution >= 0.6 is 12.4 Å². The van der Waals surface area contributed by atoms with E-state index < -0.39 is 0 Å². The lowest BCUT2D eigenvalue weighted by Crippen LogP contribution is -2.44. The average Bonchev–Trinajstić information content (AvgIpc) is 3.00. The van der Waals surface area contributed by atoms with E-state index in [0.717, 1.165) is 25.7 Å². The first kappa shape index (κ1) is 20.2. The normalized spacial score (nSPS) is 26.2. The van der Waals surface area contributed by atoms with Gasteiger partial charge in [0.25, 0.3) is 0 Å². The highest BCUT2D eigenvalue weighted by atomic mass is 35.5. The molecule has 2 aliphatic carbocycles. The van der Waals surface area contributed by atoms with Crippen LogP contribution in [0.4, 0.5) is 0 Å². The molecule has 0 spiro atoms. The molecule has 0 aromatic rings. The molecule has 6 heteroatoms. The van der Waals surface area contributed by atoms with Crippen LogP contribution in [0, 0.1) is 11.8 Å². The highest BCUT2D eigenvalue weighted by Gasteiger charge is 2.28. The Bertz CT molecular complexity index is 378. The summed E-state index contributed by atoms with van der Waals surface area (Å²) in [6.45, 7) is 2.39. The van der Waals surface area contributed by atoms with Gasteiger partial charge in [0, 0.05) is 31.0 Å². The standard InChI is InChI=1S/C17H31N3O2.ClH/c1-12(11-18)19-17(22)14-6-8-15(9-7-14)20-16(21)10-13-4-2-3-5-13;/h12-15H,2-11,18H2,1H3,(H,19,22)(H,20,21);1H/t12-,14?,15?;/m0./s1. The van der Waals surface area contributed by atoms with Gasteiger partial charge >= 0.3 is 0 Å². The number of hydrogen-bond acceptors (Lipinski definition) is 3. The Morgan fingerprint density at radius 3 is 2.26 bits per heavy atom. The number of halogens is 1. The Balaban J connectivity index is 0.00000264. The van der Waals surface area contributed by atoms with E-state index in [0.29, 0.717) is 18.9 Å². The van der Waals surface area contributed by atoms with Gasteiger partial charge in [0.05, 0.1) is 0 Å². The zero-order valence-corrected chi connectivity index (χ0v) is 15.0. The molecule has 5 nitrogen and oxygen atoms in total. The third-order valence-corrected chi connectivity index (χ3v) is 5.15. The SMILES string of the molecule is C[C@@H](CN)NC(=O)C1CCC(NC(=O)CC2CCCC2)CC1.Cl. The topological polar surface area (TPSA) is 84.2 Å². The van der Waals surface area contributed by atoms with Gasteiger partial charge in [0.2, 0.25) is 11.8 Å². The van der Waals surface area contributed by atoms with Crippen LogP contribution in [0.1, 0.15) is 64.7 Å². The van der Waals surface area contributed by atoms with Crippen molar-refractivity contribution in [2.45, 2.75) is 76.8 Å². The molecule has 0 aromatic carbocycles. The summed E-state index contributed by atoms with van der Waals surface area (Å²) in [5.41, 5.74) is 5.53. The van der Waals surface area contributed by atoms with Gasteiger partial charge in [-0.15, -0.1) is 12.4 Å². The third kappa shape index (κ3) is 6.68. The Hall–Kier alpha value is -0.810. The zero-order chi connectivity index (χ0) is 15.9. The second-order valence-corrected chi connectivity index (χ2v) is 7.12. The monoisotopic (exact) mass is 345 g/mol. The van der Waals surface area contributed by atoms with Crippen molar-refractivity contribution in [3.05, 3.63) is 0 Å². The molecule has 0 aromatic heterocycles. The van der Waals surface area contributed by atoms with Crippen LogP contribution in [-0.2, 0) is 9.59 Å². The molecule has 0 heterocycles. The molecular formula is C17H32ClN3O2. The predicted octanol–water partition coefficient (Wildman–Crippen LogP) is 2.13. The first-order chi connectivity index (χ1) is 10.6. The van der Waals surface area contributed by atoms with Gasteiger partial charge in [-0.3, -0.25) is 9.59 Å². The van der Waals surface area contributed by atoms with E-state index in [2.05, 4.69) is 10.6 Å². The Kier molecular flexibility index (Phi) is 8.92. The van der Waals surface area contributed by atoms with Crippen molar-refractivity contribution in [1.82, 2.24) is 10.6 Å². The van der Waals surface area contributed by atoms with Crippen LogP contribution in [0.15, 0.2) is 0 Å². The third-order valence-electron chi connectivity index (χ3n) is 5.15. The minimum Gasteiger partial charge on any atom is -0.353 e. The van der Waals surface area contributed by atoms with Crippen molar-refractivity contribution in [1.29, 1.82) is 0 Å². The first-order valence-corrected chi connectivity index (χ1v) is 8.88. The number of rotatable bonds is 6. The van der Waals surface area contributed by atoms with Crippen molar-refractivity contribution >= 4 is 24.2 Å². The fourth-order valence-corrected chi connectivity index (χ4v) is 3.68. The van der Waals surface area contributed by atoms with Gasteiger partial charge in [-0.1, -0.05) is 12.8 Å². The summed E-state index contributed by atoms with van der Waals surface area (Å²) >= 11 is 0. The molecule has 2 amide bonds. The summed E-state index contributed by atoms with van der Waals surface area (Å²) in [5.74, 6) is 1.00. The summed E-state index contributed by atoms with van der Waals surface area (Å²) in [7, 11) is 0. The van der Waals surface area contributed by atoms with Gasteiger partial charge in [-0.2, -0.15) is 0 Å². The van der Waals surface area contributed by atoms with Crippen molar-refractivity contribution in [3.8, 4) is 0 Å². The molecule has 2 fully saturated rings. The fourth-order valence-electron chi connectivity index (χ4n) is 3.68. The van der Waals surface area contributed by atoms with E-state index in [9.17, 15) is 9.59 Å². The number of carbonyl (C=O) groups is 2. The fraction of sp³-hybridized carbons (Fsp3) is 0.882. The summed E-state index contributed by atoms with van der Waals surface area (Å²) in [6.07, 6.45) is 9.19. The van der Waals surface area contributed by atoms with E-state index in [1.165, 1.54) is 25.7 Å².